The molecule has 1 saturated carbocycles. The van der Waals surface area contributed by atoms with Crippen LogP contribution in [0.3, 0.4) is 0 Å². The van der Waals surface area contributed by atoms with Crippen LogP contribution in [0, 0.1) is 11.8 Å². The molecule has 1 aromatic heterocycles. The Morgan fingerprint density at radius 2 is 2.00 bits per heavy atom. The van der Waals surface area contributed by atoms with Gasteiger partial charge in [-0.1, -0.05) is 57.0 Å². The van der Waals surface area contributed by atoms with Crippen LogP contribution >= 0.6 is 11.3 Å². The van der Waals surface area contributed by atoms with Gasteiger partial charge in [0.15, 0.2) is 16.9 Å². The van der Waals surface area contributed by atoms with Crippen LogP contribution in [0.5, 0.6) is 0 Å². The first-order chi connectivity index (χ1) is 13.9. The molecule has 3 rings (SSSR count). The van der Waals surface area contributed by atoms with Gasteiger partial charge in [-0.25, -0.2) is 9.78 Å². The van der Waals surface area contributed by atoms with Gasteiger partial charge in [-0.3, -0.25) is 4.79 Å². The van der Waals surface area contributed by atoms with E-state index in [1.54, 1.807) is 12.3 Å². The molecule has 1 aliphatic carbocycles. The summed E-state index contributed by atoms with van der Waals surface area (Å²) in [7, 11) is 0. The minimum Gasteiger partial charge on any atom is -0.448 e. The Hall–Kier alpha value is -2.41. The second-order valence-electron chi connectivity index (χ2n) is 7.81. The van der Waals surface area contributed by atoms with Gasteiger partial charge in [-0.05, 0) is 30.7 Å². The molecule has 0 radical (unpaired) electrons. The van der Waals surface area contributed by atoms with Crippen LogP contribution in [0.1, 0.15) is 56.1 Å². The fourth-order valence-electron chi connectivity index (χ4n) is 3.58. The molecule has 1 heterocycles. The predicted octanol–water partition coefficient (Wildman–Crippen LogP) is 4.24. The molecule has 0 spiro atoms. The Balaban J connectivity index is 1.49. The van der Waals surface area contributed by atoms with Gasteiger partial charge < -0.3 is 15.4 Å². The fourth-order valence-corrected chi connectivity index (χ4v) is 4.26. The van der Waals surface area contributed by atoms with Crippen LogP contribution in [-0.4, -0.2) is 29.0 Å². The highest BCUT2D eigenvalue weighted by atomic mass is 32.1. The monoisotopic (exact) mass is 415 g/mol. The van der Waals surface area contributed by atoms with Gasteiger partial charge in [0, 0.05) is 18.0 Å². The Morgan fingerprint density at radius 3 is 2.76 bits per heavy atom. The zero-order chi connectivity index (χ0) is 20.8. The summed E-state index contributed by atoms with van der Waals surface area (Å²) in [5.41, 5.74) is 1.34. The lowest BCUT2D eigenvalue weighted by Crippen LogP contribution is -2.47. The molecule has 1 fully saturated rings. The summed E-state index contributed by atoms with van der Waals surface area (Å²) < 4.78 is 5.34. The highest BCUT2D eigenvalue weighted by Gasteiger charge is 2.30. The van der Waals surface area contributed by atoms with E-state index in [1.165, 1.54) is 17.8 Å². The predicted molar refractivity (Wildman–Crippen MR) is 115 cm³/mol. The Bertz CT molecular complexity index is 824. The van der Waals surface area contributed by atoms with Crippen molar-refractivity contribution in [3.8, 4) is 0 Å². The maximum atomic E-state index is 12.5. The molecule has 1 amide bonds. The molecular weight excluding hydrogens is 386 g/mol. The van der Waals surface area contributed by atoms with Crippen molar-refractivity contribution in [2.24, 2.45) is 11.8 Å². The van der Waals surface area contributed by atoms with Crippen LogP contribution in [0.25, 0.3) is 0 Å². The molecule has 0 unspecified atom stereocenters. The quantitative estimate of drug-likeness (QED) is 0.661. The summed E-state index contributed by atoms with van der Waals surface area (Å²) in [5, 5.41) is 8.53. The first-order valence-electron chi connectivity index (χ1n) is 10.2. The minimum absolute atomic E-state index is 0.139. The first kappa shape index (κ1) is 21.3. The van der Waals surface area contributed by atoms with Crippen molar-refractivity contribution in [2.45, 2.75) is 58.7 Å². The van der Waals surface area contributed by atoms with Gasteiger partial charge in [-0.15, -0.1) is 11.3 Å². The number of aromatic nitrogens is 1. The van der Waals surface area contributed by atoms with Crippen molar-refractivity contribution in [3.63, 3.8) is 0 Å². The van der Waals surface area contributed by atoms with Gasteiger partial charge in [0.2, 0.25) is 0 Å². The number of carbonyl (C=O) groups excluding carboxylic acids is 2. The van der Waals surface area contributed by atoms with Crippen LogP contribution in [0.2, 0.25) is 0 Å². The number of esters is 1. The second-order valence-corrected chi connectivity index (χ2v) is 8.67. The number of amides is 1. The zero-order valence-corrected chi connectivity index (χ0v) is 18.0. The molecule has 6 nitrogen and oxygen atoms in total. The summed E-state index contributed by atoms with van der Waals surface area (Å²) >= 11 is 1.34. The fraction of sp³-hybridized carbons (Fsp3) is 0.500. The SMILES string of the molecule is C[C@@H]1[C@H](C)CCC[C@H]1NC(=O)[C@H](C)OC(=O)c1csc(NCc2ccccc2)n1. The summed E-state index contributed by atoms with van der Waals surface area (Å²) in [6, 6.07) is 10.1. The minimum atomic E-state index is -0.852. The van der Waals surface area contributed by atoms with E-state index in [1.807, 2.05) is 30.3 Å². The lowest BCUT2D eigenvalue weighted by atomic mass is 9.78. The molecule has 0 saturated heterocycles. The van der Waals surface area contributed by atoms with E-state index in [0.29, 0.717) is 23.5 Å². The van der Waals surface area contributed by atoms with Crippen LogP contribution in [0.15, 0.2) is 35.7 Å². The van der Waals surface area contributed by atoms with Gasteiger partial charge >= 0.3 is 5.97 Å². The van der Waals surface area contributed by atoms with E-state index in [4.69, 9.17) is 4.74 Å². The highest BCUT2D eigenvalue weighted by molar-refractivity contribution is 7.13. The molecule has 4 atom stereocenters. The Labute approximate surface area is 176 Å². The van der Waals surface area contributed by atoms with Crippen molar-refractivity contribution in [3.05, 3.63) is 47.0 Å². The number of nitrogens with zero attached hydrogens (tertiary/aromatic N) is 1. The van der Waals surface area contributed by atoms with Gasteiger partial charge in [0.25, 0.3) is 5.91 Å². The Morgan fingerprint density at radius 1 is 1.24 bits per heavy atom. The number of nitrogens with one attached hydrogen (secondary N) is 2. The summed E-state index contributed by atoms with van der Waals surface area (Å²) in [6.07, 6.45) is 2.43. The van der Waals surface area contributed by atoms with Gasteiger partial charge in [0.1, 0.15) is 0 Å². The van der Waals surface area contributed by atoms with E-state index in [0.717, 1.165) is 18.4 Å². The third kappa shape index (κ3) is 5.79. The highest BCUT2D eigenvalue weighted by Crippen LogP contribution is 2.29. The smallest absolute Gasteiger partial charge is 0.358 e. The van der Waals surface area contributed by atoms with Crippen LogP contribution < -0.4 is 10.6 Å². The second kappa shape index (κ2) is 9.87. The van der Waals surface area contributed by atoms with Crippen molar-refractivity contribution >= 4 is 28.3 Å². The van der Waals surface area contributed by atoms with E-state index in [9.17, 15) is 9.59 Å². The van der Waals surface area contributed by atoms with E-state index >= 15 is 0 Å². The van der Waals surface area contributed by atoms with Gasteiger partial charge in [0.05, 0.1) is 0 Å². The number of carbonyl (C=O) groups is 2. The number of anilines is 1. The maximum Gasteiger partial charge on any atom is 0.358 e. The third-order valence-corrected chi connectivity index (χ3v) is 6.49. The molecule has 0 bridgehead atoms. The topological polar surface area (TPSA) is 80.3 Å². The lowest BCUT2D eigenvalue weighted by Gasteiger charge is -2.35. The molecule has 7 heteroatoms. The van der Waals surface area contributed by atoms with Crippen molar-refractivity contribution in [1.82, 2.24) is 10.3 Å². The number of ether oxygens (including phenoxy) is 1. The summed E-state index contributed by atoms with van der Waals surface area (Å²) in [5.74, 6) is 0.180. The average molecular weight is 416 g/mol. The van der Waals surface area contributed by atoms with Crippen LogP contribution in [0.4, 0.5) is 5.13 Å². The third-order valence-electron chi connectivity index (χ3n) is 5.69. The zero-order valence-electron chi connectivity index (χ0n) is 17.2. The van der Waals surface area contributed by atoms with Gasteiger partial charge in [-0.2, -0.15) is 0 Å². The van der Waals surface area contributed by atoms with Crippen LogP contribution in [-0.2, 0) is 16.1 Å². The standard InChI is InChI=1S/C22H29N3O3S/c1-14-8-7-11-18(15(14)2)24-20(26)16(3)28-21(27)19-13-29-22(25-19)23-12-17-9-5-4-6-10-17/h4-6,9-10,13-16,18H,7-8,11-12H2,1-3H3,(H,23,25)(H,24,26)/t14-,15-,16+,18-/m1/s1. The molecule has 2 N–H and O–H groups in total. The molecule has 156 valence electrons. The summed E-state index contributed by atoms with van der Waals surface area (Å²) in [4.78, 5) is 29.1. The largest absolute Gasteiger partial charge is 0.448 e. The molecule has 1 aliphatic rings. The molecular formula is C22H29N3O3S. The number of hydrogen-bond acceptors (Lipinski definition) is 6. The average Bonchev–Trinajstić information content (AvgIpc) is 3.20. The first-order valence-corrected chi connectivity index (χ1v) is 11.1. The van der Waals surface area contributed by atoms with Crippen molar-refractivity contribution in [1.29, 1.82) is 0 Å². The lowest BCUT2D eigenvalue weighted by molar-refractivity contribution is -0.130. The van der Waals surface area contributed by atoms with Crippen molar-refractivity contribution in [2.75, 3.05) is 5.32 Å². The molecule has 0 aliphatic heterocycles. The van der Waals surface area contributed by atoms with E-state index in [2.05, 4.69) is 29.5 Å². The normalized spacial score (nSPS) is 22.5. The molecule has 2 aromatic rings. The number of hydrogen-bond donors (Lipinski definition) is 2. The summed E-state index contributed by atoms with van der Waals surface area (Å²) in [6.45, 7) is 6.62. The van der Waals surface area contributed by atoms with E-state index < -0.39 is 12.1 Å². The molecule has 29 heavy (non-hydrogen) atoms. The van der Waals surface area contributed by atoms with Crippen molar-refractivity contribution < 1.29 is 14.3 Å². The maximum absolute atomic E-state index is 12.5. The number of benzene rings is 1. The Kier molecular flexibility index (Phi) is 7.25. The number of rotatable bonds is 7. The number of thiazole rings is 1. The van der Waals surface area contributed by atoms with E-state index in [-0.39, 0.29) is 17.6 Å². The molecule has 1 aromatic carbocycles.